The minimum atomic E-state index is 0.296. The van der Waals surface area contributed by atoms with Crippen LogP contribution in [-0.2, 0) is 4.74 Å². The van der Waals surface area contributed by atoms with Gasteiger partial charge in [-0.25, -0.2) is 4.98 Å². The average molecular weight is 388 g/mol. The minimum Gasteiger partial charge on any atom is -0.376 e. The average Bonchev–Trinajstić information content (AvgIpc) is 3.20. The number of ether oxygens (including phenoxy) is 1. The number of hydrogen-bond acceptors (Lipinski definition) is 6. The number of nitrogens with one attached hydrogen (secondary N) is 1. The van der Waals surface area contributed by atoms with Crippen LogP contribution in [0.5, 0.6) is 0 Å². The fourth-order valence-electron chi connectivity index (χ4n) is 3.65. The lowest BCUT2D eigenvalue weighted by molar-refractivity contribution is 0.120. The van der Waals surface area contributed by atoms with Crippen molar-refractivity contribution in [2.75, 3.05) is 54.4 Å². The molecule has 0 saturated carbocycles. The van der Waals surface area contributed by atoms with E-state index in [0.717, 1.165) is 74.7 Å². The molecule has 0 aliphatic carbocycles. The standard InChI is InChI=1S/C20H26ClN5O/c1-15-12-19(22-14-18-6-3-11-27-18)24-20(23-15)26-9-7-25(8-10-26)17-5-2-4-16(21)13-17/h2,4-5,12-13,18H,3,6-11,14H2,1H3,(H,22,23,24). The summed E-state index contributed by atoms with van der Waals surface area (Å²) in [6, 6.07) is 10.0. The molecule has 1 unspecified atom stereocenters. The predicted molar refractivity (Wildman–Crippen MR) is 110 cm³/mol. The quantitative estimate of drug-likeness (QED) is 0.849. The number of rotatable bonds is 5. The molecule has 2 aromatic rings. The van der Waals surface area contributed by atoms with Crippen LogP contribution >= 0.6 is 11.6 Å². The molecule has 7 heteroatoms. The van der Waals surface area contributed by atoms with Gasteiger partial charge in [-0.1, -0.05) is 17.7 Å². The van der Waals surface area contributed by atoms with Gasteiger partial charge in [0.2, 0.25) is 5.95 Å². The number of aromatic nitrogens is 2. The van der Waals surface area contributed by atoms with Crippen molar-refractivity contribution in [1.29, 1.82) is 0 Å². The van der Waals surface area contributed by atoms with E-state index in [1.54, 1.807) is 0 Å². The third-order valence-corrected chi connectivity index (χ3v) is 5.35. The summed E-state index contributed by atoms with van der Waals surface area (Å²) in [5, 5.41) is 4.20. The molecule has 1 N–H and O–H groups in total. The van der Waals surface area contributed by atoms with Crippen LogP contribution in [0.4, 0.5) is 17.5 Å². The molecule has 0 bridgehead atoms. The van der Waals surface area contributed by atoms with Crippen LogP contribution in [0.15, 0.2) is 30.3 Å². The normalized spacial score (nSPS) is 20.1. The second kappa shape index (κ2) is 8.31. The number of nitrogens with zero attached hydrogens (tertiary/aromatic N) is 4. The van der Waals surface area contributed by atoms with Crippen molar-refractivity contribution in [1.82, 2.24) is 9.97 Å². The Morgan fingerprint density at radius 1 is 1.15 bits per heavy atom. The summed E-state index contributed by atoms with van der Waals surface area (Å²) >= 11 is 6.13. The van der Waals surface area contributed by atoms with Crippen molar-refractivity contribution in [2.45, 2.75) is 25.9 Å². The van der Waals surface area contributed by atoms with Crippen LogP contribution < -0.4 is 15.1 Å². The molecule has 1 aromatic heterocycles. The van der Waals surface area contributed by atoms with E-state index in [9.17, 15) is 0 Å². The maximum Gasteiger partial charge on any atom is 0.227 e. The van der Waals surface area contributed by atoms with E-state index < -0.39 is 0 Å². The number of anilines is 3. The monoisotopic (exact) mass is 387 g/mol. The van der Waals surface area contributed by atoms with Gasteiger partial charge in [-0.2, -0.15) is 4.98 Å². The smallest absolute Gasteiger partial charge is 0.227 e. The Labute approximate surface area is 165 Å². The molecule has 0 amide bonds. The van der Waals surface area contributed by atoms with E-state index in [4.69, 9.17) is 21.3 Å². The fourth-order valence-corrected chi connectivity index (χ4v) is 3.83. The van der Waals surface area contributed by atoms with Crippen LogP contribution in [0, 0.1) is 6.92 Å². The van der Waals surface area contributed by atoms with Gasteiger partial charge >= 0.3 is 0 Å². The molecule has 1 aromatic carbocycles. The van der Waals surface area contributed by atoms with Crippen LogP contribution in [0.1, 0.15) is 18.5 Å². The number of hydrogen-bond donors (Lipinski definition) is 1. The summed E-state index contributed by atoms with van der Waals surface area (Å²) in [4.78, 5) is 14.0. The Morgan fingerprint density at radius 3 is 2.70 bits per heavy atom. The van der Waals surface area contributed by atoms with E-state index in [1.165, 1.54) is 5.69 Å². The first-order valence-electron chi connectivity index (χ1n) is 9.64. The molecule has 1 atom stereocenters. The maximum absolute atomic E-state index is 6.13. The van der Waals surface area contributed by atoms with E-state index in [1.807, 2.05) is 31.2 Å². The third-order valence-electron chi connectivity index (χ3n) is 5.11. The van der Waals surface area contributed by atoms with Crippen LogP contribution in [-0.4, -0.2) is 55.4 Å². The zero-order valence-corrected chi connectivity index (χ0v) is 16.5. The van der Waals surface area contributed by atoms with Gasteiger partial charge in [0.1, 0.15) is 5.82 Å². The largest absolute Gasteiger partial charge is 0.376 e. The second-order valence-corrected chi connectivity index (χ2v) is 7.60. The van der Waals surface area contributed by atoms with Crippen molar-refractivity contribution < 1.29 is 4.74 Å². The number of benzene rings is 1. The highest BCUT2D eigenvalue weighted by atomic mass is 35.5. The zero-order valence-electron chi connectivity index (χ0n) is 15.7. The summed E-state index contributed by atoms with van der Waals surface area (Å²) < 4.78 is 5.68. The fraction of sp³-hybridized carbons (Fsp3) is 0.500. The second-order valence-electron chi connectivity index (χ2n) is 7.16. The van der Waals surface area contributed by atoms with Crippen molar-refractivity contribution in [3.63, 3.8) is 0 Å². The summed E-state index contributed by atoms with van der Waals surface area (Å²) in [5.41, 5.74) is 2.15. The van der Waals surface area contributed by atoms with Gasteiger partial charge in [0.25, 0.3) is 0 Å². The van der Waals surface area contributed by atoms with Gasteiger partial charge in [0, 0.05) is 61.8 Å². The van der Waals surface area contributed by atoms with Crippen LogP contribution in [0.3, 0.4) is 0 Å². The van der Waals surface area contributed by atoms with Crippen molar-refractivity contribution in [2.24, 2.45) is 0 Å². The number of halogens is 1. The molecule has 27 heavy (non-hydrogen) atoms. The van der Waals surface area contributed by atoms with Gasteiger partial charge in [-0.15, -0.1) is 0 Å². The van der Waals surface area contributed by atoms with Gasteiger partial charge in [0.15, 0.2) is 0 Å². The molecule has 2 aliphatic heterocycles. The minimum absolute atomic E-state index is 0.296. The maximum atomic E-state index is 6.13. The molecule has 2 saturated heterocycles. The van der Waals surface area contributed by atoms with Crippen molar-refractivity contribution in [3.05, 3.63) is 41.0 Å². The molecule has 0 spiro atoms. The van der Waals surface area contributed by atoms with Gasteiger partial charge in [-0.3, -0.25) is 0 Å². The molecule has 6 nitrogen and oxygen atoms in total. The van der Waals surface area contributed by atoms with Crippen molar-refractivity contribution in [3.8, 4) is 0 Å². The van der Waals surface area contributed by atoms with E-state index >= 15 is 0 Å². The lowest BCUT2D eigenvalue weighted by atomic mass is 10.2. The first kappa shape index (κ1) is 18.3. The summed E-state index contributed by atoms with van der Waals surface area (Å²) in [7, 11) is 0. The zero-order chi connectivity index (χ0) is 18.6. The molecule has 3 heterocycles. The van der Waals surface area contributed by atoms with Gasteiger partial charge in [0.05, 0.1) is 6.10 Å². The number of piperazine rings is 1. The summed E-state index contributed by atoms with van der Waals surface area (Å²) in [6.45, 7) is 7.33. The summed E-state index contributed by atoms with van der Waals surface area (Å²) in [6.07, 6.45) is 2.57. The molecule has 4 rings (SSSR count). The Bertz CT molecular complexity index is 773. The van der Waals surface area contributed by atoms with E-state index in [0.29, 0.717) is 6.10 Å². The van der Waals surface area contributed by atoms with Crippen molar-refractivity contribution >= 4 is 29.1 Å². The highest BCUT2D eigenvalue weighted by Gasteiger charge is 2.21. The molecular weight excluding hydrogens is 362 g/mol. The molecule has 2 aliphatic rings. The highest BCUT2D eigenvalue weighted by molar-refractivity contribution is 6.30. The Balaban J connectivity index is 1.38. The molecule has 0 radical (unpaired) electrons. The van der Waals surface area contributed by atoms with E-state index in [2.05, 4.69) is 26.2 Å². The third kappa shape index (κ3) is 4.62. The molecule has 144 valence electrons. The Kier molecular flexibility index (Phi) is 5.64. The topological polar surface area (TPSA) is 53.5 Å². The molecular formula is C20H26ClN5O. The van der Waals surface area contributed by atoms with Gasteiger partial charge < -0.3 is 19.9 Å². The van der Waals surface area contributed by atoms with E-state index in [-0.39, 0.29) is 0 Å². The lowest BCUT2D eigenvalue weighted by Gasteiger charge is -2.36. The Hall–Kier alpha value is -2.05. The first-order chi connectivity index (χ1) is 13.2. The summed E-state index contributed by atoms with van der Waals surface area (Å²) in [5.74, 6) is 1.68. The highest BCUT2D eigenvalue weighted by Crippen LogP contribution is 2.23. The SMILES string of the molecule is Cc1cc(NCC2CCCO2)nc(N2CCN(c3cccc(Cl)c3)CC2)n1. The number of aryl methyl sites for hydroxylation is 1. The van der Waals surface area contributed by atoms with Crippen LogP contribution in [0.2, 0.25) is 5.02 Å². The molecule has 2 fully saturated rings. The Morgan fingerprint density at radius 2 is 1.96 bits per heavy atom. The first-order valence-corrected chi connectivity index (χ1v) is 10.0. The van der Waals surface area contributed by atoms with Crippen LogP contribution in [0.25, 0.3) is 0 Å². The lowest BCUT2D eigenvalue weighted by Crippen LogP contribution is -2.47. The van der Waals surface area contributed by atoms with Gasteiger partial charge in [-0.05, 0) is 38.0 Å². The predicted octanol–water partition coefficient (Wildman–Crippen LogP) is 3.36.